The minimum Gasteiger partial charge on any atom is -0.494 e. The summed E-state index contributed by atoms with van der Waals surface area (Å²) in [6, 6.07) is 19.1. The highest BCUT2D eigenvalue weighted by Crippen LogP contribution is 2.34. The molecule has 0 spiro atoms. The number of carbonyl (C=O) groups excluding carboxylic acids is 1. The Morgan fingerprint density at radius 1 is 1.12 bits per heavy atom. The number of nitrogens with one attached hydrogen (secondary N) is 1. The van der Waals surface area contributed by atoms with Crippen molar-refractivity contribution in [3.63, 3.8) is 0 Å². The van der Waals surface area contributed by atoms with E-state index in [1.54, 1.807) is 7.11 Å². The summed E-state index contributed by atoms with van der Waals surface area (Å²) < 4.78 is 5.58. The minimum atomic E-state index is 0.0913. The summed E-state index contributed by atoms with van der Waals surface area (Å²) in [6.07, 6.45) is 0.905. The van der Waals surface area contributed by atoms with E-state index in [0.717, 1.165) is 48.4 Å². The van der Waals surface area contributed by atoms with Crippen LogP contribution in [0.1, 0.15) is 18.2 Å². The second-order valence-electron chi connectivity index (χ2n) is 8.35. The highest BCUT2D eigenvalue weighted by atomic mass is 16.5. The zero-order valence-corrected chi connectivity index (χ0v) is 19.2. The summed E-state index contributed by atoms with van der Waals surface area (Å²) in [5.41, 5.74) is 4.33. The van der Waals surface area contributed by atoms with Crippen LogP contribution in [0.25, 0.3) is 10.9 Å². The number of piperazine rings is 1. The standard InChI is InChI=1S/C26H32N4O2/c1-4-27-25(31)18-29-14-15-30(17-21(29)16-20-8-6-5-7-9-20)23-12-13-24(32-3)26-22(23)11-10-19(2)28-26/h5-13,21H,4,14-18H2,1-3H3,(H,27,31)/t21-/m0/s1. The lowest BCUT2D eigenvalue weighted by Gasteiger charge is -2.42. The van der Waals surface area contributed by atoms with Gasteiger partial charge >= 0.3 is 0 Å². The van der Waals surface area contributed by atoms with Gasteiger partial charge in [-0.15, -0.1) is 0 Å². The number of hydrogen-bond donors (Lipinski definition) is 1. The maximum atomic E-state index is 12.3. The molecule has 1 amide bonds. The molecule has 1 N–H and O–H groups in total. The van der Waals surface area contributed by atoms with Crippen molar-refractivity contribution in [2.24, 2.45) is 0 Å². The summed E-state index contributed by atoms with van der Waals surface area (Å²) >= 11 is 0. The number of aryl methyl sites for hydroxylation is 1. The number of rotatable bonds is 7. The predicted molar refractivity (Wildman–Crippen MR) is 129 cm³/mol. The van der Waals surface area contributed by atoms with E-state index < -0.39 is 0 Å². The van der Waals surface area contributed by atoms with Gasteiger partial charge in [0.05, 0.1) is 13.7 Å². The Balaban J connectivity index is 1.63. The minimum absolute atomic E-state index is 0.0913. The number of ether oxygens (including phenoxy) is 1. The molecule has 0 unspecified atom stereocenters. The van der Waals surface area contributed by atoms with Gasteiger partial charge in [-0.1, -0.05) is 30.3 Å². The van der Waals surface area contributed by atoms with E-state index in [1.807, 2.05) is 26.0 Å². The van der Waals surface area contributed by atoms with Crippen LogP contribution < -0.4 is 15.0 Å². The number of nitrogens with zero attached hydrogens (tertiary/aromatic N) is 3. The van der Waals surface area contributed by atoms with Gasteiger partial charge < -0.3 is 15.0 Å². The molecule has 4 rings (SSSR count). The molecule has 2 aromatic carbocycles. The molecule has 0 radical (unpaired) electrons. The van der Waals surface area contributed by atoms with E-state index in [2.05, 4.69) is 57.6 Å². The molecule has 1 fully saturated rings. The van der Waals surface area contributed by atoms with Crippen LogP contribution in [0.5, 0.6) is 5.75 Å². The molecule has 0 aliphatic carbocycles. The molecule has 0 saturated carbocycles. The fourth-order valence-electron chi connectivity index (χ4n) is 4.55. The molecule has 0 bridgehead atoms. The van der Waals surface area contributed by atoms with Crippen LogP contribution in [0, 0.1) is 6.92 Å². The average Bonchev–Trinajstić information content (AvgIpc) is 2.80. The van der Waals surface area contributed by atoms with Gasteiger partial charge in [0.2, 0.25) is 5.91 Å². The van der Waals surface area contributed by atoms with Crippen LogP contribution in [-0.2, 0) is 11.2 Å². The van der Waals surface area contributed by atoms with E-state index in [4.69, 9.17) is 9.72 Å². The first kappa shape index (κ1) is 22.1. The molecule has 2 heterocycles. The Bertz CT molecular complexity index is 1070. The quantitative estimate of drug-likeness (QED) is 0.620. The van der Waals surface area contributed by atoms with Gasteiger partial charge in [-0.3, -0.25) is 9.69 Å². The van der Waals surface area contributed by atoms with Crippen molar-refractivity contribution in [1.82, 2.24) is 15.2 Å². The monoisotopic (exact) mass is 432 g/mol. The first-order valence-electron chi connectivity index (χ1n) is 11.3. The number of methoxy groups -OCH3 is 1. The Kier molecular flexibility index (Phi) is 6.90. The molecule has 6 nitrogen and oxygen atoms in total. The Hall–Kier alpha value is -3.12. The second-order valence-corrected chi connectivity index (χ2v) is 8.35. The lowest BCUT2D eigenvalue weighted by Crippen LogP contribution is -2.56. The van der Waals surface area contributed by atoms with Crippen molar-refractivity contribution in [3.8, 4) is 5.75 Å². The number of anilines is 1. The van der Waals surface area contributed by atoms with Crippen LogP contribution in [0.4, 0.5) is 5.69 Å². The zero-order chi connectivity index (χ0) is 22.5. The third-order valence-electron chi connectivity index (χ3n) is 6.14. The maximum absolute atomic E-state index is 12.3. The first-order valence-corrected chi connectivity index (χ1v) is 11.3. The average molecular weight is 433 g/mol. The molecular formula is C26H32N4O2. The van der Waals surface area contributed by atoms with Gasteiger partial charge in [0.25, 0.3) is 0 Å². The fraction of sp³-hybridized carbons (Fsp3) is 0.385. The normalized spacial score (nSPS) is 16.8. The smallest absolute Gasteiger partial charge is 0.234 e. The lowest BCUT2D eigenvalue weighted by molar-refractivity contribution is -0.122. The van der Waals surface area contributed by atoms with Crippen LogP contribution in [0.15, 0.2) is 54.6 Å². The van der Waals surface area contributed by atoms with Crippen molar-refractivity contribution in [2.75, 3.05) is 44.7 Å². The molecule has 1 aliphatic heterocycles. The highest BCUT2D eigenvalue weighted by Gasteiger charge is 2.29. The number of hydrogen-bond acceptors (Lipinski definition) is 5. The number of pyridine rings is 1. The number of likely N-dealkylation sites (N-methyl/N-ethyl adjacent to an activating group) is 1. The van der Waals surface area contributed by atoms with Gasteiger partial charge in [-0.05, 0) is 50.1 Å². The van der Waals surface area contributed by atoms with Crippen molar-refractivity contribution in [3.05, 3.63) is 65.9 Å². The van der Waals surface area contributed by atoms with E-state index in [9.17, 15) is 4.79 Å². The summed E-state index contributed by atoms with van der Waals surface area (Å²) in [4.78, 5) is 21.9. The Labute approximate surface area is 190 Å². The molecule has 1 aliphatic rings. The highest BCUT2D eigenvalue weighted by molar-refractivity contribution is 5.96. The van der Waals surface area contributed by atoms with Crippen LogP contribution in [0.2, 0.25) is 0 Å². The largest absolute Gasteiger partial charge is 0.494 e. The molecule has 3 aromatic rings. The van der Waals surface area contributed by atoms with Gasteiger partial charge in [0.15, 0.2) is 0 Å². The SMILES string of the molecule is CCNC(=O)CN1CCN(c2ccc(OC)c3nc(C)ccc23)C[C@@H]1Cc1ccccc1. The van der Waals surface area contributed by atoms with Gasteiger partial charge in [-0.2, -0.15) is 0 Å². The molecule has 1 aromatic heterocycles. The molecule has 168 valence electrons. The van der Waals surface area contributed by atoms with Crippen molar-refractivity contribution in [1.29, 1.82) is 0 Å². The van der Waals surface area contributed by atoms with Gasteiger partial charge in [0.1, 0.15) is 11.3 Å². The van der Waals surface area contributed by atoms with Crippen molar-refractivity contribution < 1.29 is 9.53 Å². The number of benzene rings is 2. The van der Waals surface area contributed by atoms with E-state index in [-0.39, 0.29) is 11.9 Å². The second kappa shape index (κ2) is 10.0. The van der Waals surface area contributed by atoms with Crippen LogP contribution >= 0.6 is 0 Å². The third-order valence-corrected chi connectivity index (χ3v) is 6.14. The number of fused-ring (bicyclic) bond motifs is 1. The van der Waals surface area contributed by atoms with Crippen LogP contribution in [0.3, 0.4) is 0 Å². The molecular weight excluding hydrogens is 400 g/mol. The zero-order valence-electron chi connectivity index (χ0n) is 19.2. The Morgan fingerprint density at radius 3 is 2.69 bits per heavy atom. The van der Waals surface area contributed by atoms with E-state index in [0.29, 0.717) is 13.1 Å². The number of carbonyl (C=O) groups is 1. The maximum Gasteiger partial charge on any atom is 0.234 e. The first-order chi connectivity index (χ1) is 15.6. The fourth-order valence-corrected chi connectivity index (χ4v) is 4.55. The summed E-state index contributed by atoms with van der Waals surface area (Å²) in [6.45, 7) is 7.60. The lowest BCUT2D eigenvalue weighted by atomic mass is 10.0. The third kappa shape index (κ3) is 4.86. The van der Waals surface area contributed by atoms with Crippen molar-refractivity contribution in [2.45, 2.75) is 26.3 Å². The summed E-state index contributed by atoms with van der Waals surface area (Å²) in [5.74, 6) is 0.886. The molecule has 1 saturated heterocycles. The number of aromatic nitrogens is 1. The molecule has 32 heavy (non-hydrogen) atoms. The number of amides is 1. The van der Waals surface area contributed by atoms with Crippen molar-refractivity contribution >= 4 is 22.5 Å². The predicted octanol–water partition coefficient (Wildman–Crippen LogP) is 3.42. The summed E-state index contributed by atoms with van der Waals surface area (Å²) in [7, 11) is 1.69. The van der Waals surface area contributed by atoms with Crippen LogP contribution in [-0.4, -0.2) is 61.7 Å². The van der Waals surface area contributed by atoms with Gasteiger partial charge in [-0.25, -0.2) is 4.98 Å². The molecule has 1 atom stereocenters. The topological polar surface area (TPSA) is 57.7 Å². The van der Waals surface area contributed by atoms with Gasteiger partial charge in [0, 0.05) is 49.0 Å². The van der Waals surface area contributed by atoms with E-state index >= 15 is 0 Å². The summed E-state index contributed by atoms with van der Waals surface area (Å²) in [5, 5.41) is 4.05. The Morgan fingerprint density at radius 2 is 1.94 bits per heavy atom. The molecule has 6 heteroatoms. The van der Waals surface area contributed by atoms with E-state index in [1.165, 1.54) is 11.3 Å².